The van der Waals surface area contributed by atoms with Crippen LogP contribution in [0.15, 0.2) is 79.4 Å². The number of imide groups is 1. The van der Waals surface area contributed by atoms with Crippen molar-refractivity contribution < 1.29 is 24.0 Å². The maximum atomic E-state index is 14.0. The van der Waals surface area contributed by atoms with Gasteiger partial charge in [0, 0.05) is 78.4 Å². The lowest BCUT2D eigenvalue weighted by Gasteiger charge is -2.15. The first-order valence-corrected chi connectivity index (χ1v) is 12.7. The first-order chi connectivity index (χ1) is 19.7. The van der Waals surface area contributed by atoms with Crippen LogP contribution in [0.25, 0.3) is 33.0 Å². The summed E-state index contributed by atoms with van der Waals surface area (Å²) in [7, 11) is 3.56. The van der Waals surface area contributed by atoms with Gasteiger partial charge in [-0.1, -0.05) is 24.3 Å². The molecule has 11 nitrogen and oxygen atoms in total. The zero-order valence-corrected chi connectivity index (χ0v) is 22.1. The molecule has 1 aliphatic rings. The molecule has 1 aliphatic heterocycles. The number of ether oxygens (including phenoxy) is 1. The molecule has 41 heavy (non-hydrogen) atoms. The molecule has 204 valence electrons. The summed E-state index contributed by atoms with van der Waals surface area (Å²) in [5, 5.41) is 12.7. The van der Waals surface area contributed by atoms with Crippen molar-refractivity contribution in [2.75, 3.05) is 6.73 Å². The first-order valence-electron chi connectivity index (χ1n) is 12.7. The highest BCUT2D eigenvalue weighted by Gasteiger charge is 2.42. The fourth-order valence-electron chi connectivity index (χ4n) is 5.28. The molecule has 0 spiro atoms. The Morgan fingerprint density at radius 2 is 1.56 bits per heavy atom. The quantitative estimate of drug-likeness (QED) is 0.130. The van der Waals surface area contributed by atoms with Crippen LogP contribution >= 0.6 is 0 Å². The smallest absolute Gasteiger partial charge is 0.312 e. The minimum Gasteiger partial charge on any atom is -0.443 e. The van der Waals surface area contributed by atoms with Crippen LogP contribution in [0.5, 0.6) is 0 Å². The third-order valence-corrected chi connectivity index (χ3v) is 7.21. The Hall–Kier alpha value is -5.58. The van der Waals surface area contributed by atoms with Gasteiger partial charge in [0.1, 0.15) is 0 Å². The molecule has 2 aromatic carbocycles. The highest BCUT2D eigenvalue weighted by atomic mass is 16.6. The van der Waals surface area contributed by atoms with E-state index in [0.717, 1.165) is 15.8 Å². The molecular formula is C30H23N5O6. The van der Waals surface area contributed by atoms with Crippen LogP contribution in [-0.4, -0.2) is 48.5 Å². The fourth-order valence-corrected chi connectivity index (χ4v) is 5.28. The largest absolute Gasteiger partial charge is 0.443 e. The number of aromatic nitrogens is 3. The predicted molar refractivity (Wildman–Crippen MR) is 150 cm³/mol. The summed E-state index contributed by atoms with van der Waals surface area (Å²) >= 11 is 0. The van der Waals surface area contributed by atoms with Crippen molar-refractivity contribution in [2.24, 2.45) is 14.1 Å². The molecule has 0 aliphatic carbocycles. The van der Waals surface area contributed by atoms with Crippen LogP contribution < -0.4 is 0 Å². The number of hydrogen-bond donors (Lipinski definition) is 0. The molecular weight excluding hydrogens is 526 g/mol. The van der Waals surface area contributed by atoms with Gasteiger partial charge in [-0.05, 0) is 23.8 Å². The van der Waals surface area contributed by atoms with Gasteiger partial charge >= 0.3 is 5.97 Å². The van der Waals surface area contributed by atoms with E-state index in [4.69, 9.17) is 4.74 Å². The molecule has 0 fully saturated rings. The Labute approximate surface area is 233 Å². The molecule has 6 rings (SSSR count). The Kier molecular flexibility index (Phi) is 6.18. The average Bonchev–Trinajstić information content (AvgIpc) is 3.56. The average molecular weight is 550 g/mol. The van der Waals surface area contributed by atoms with Crippen molar-refractivity contribution in [2.45, 2.75) is 6.42 Å². The lowest BCUT2D eigenvalue weighted by atomic mass is 9.95. The summed E-state index contributed by atoms with van der Waals surface area (Å²) in [5.74, 6) is -1.84. The van der Waals surface area contributed by atoms with Gasteiger partial charge in [0.25, 0.3) is 17.5 Å². The van der Waals surface area contributed by atoms with Crippen LogP contribution in [0.1, 0.15) is 16.7 Å². The highest BCUT2D eigenvalue weighted by molar-refractivity contribution is 6.50. The lowest BCUT2D eigenvalue weighted by molar-refractivity contribution is -0.384. The van der Waals surface area contributed by atoms with E-state index in [1.807, 2.05) is 35.9 Å². The van der Waals surface area contributed by atoms with E-state index in [9.17, 15) is 24.5 Å². The zero-order valence-electron chi connectivity index (χ0n) is 22.1. The normalized spacial score (nSPS) is 13.6. The Bertz CT molecular complexity index is 1940. The number of nitro groups is 1. The van der Waals surface area contributed by atoms with E-state index >= 15 is 0 Å². The summed E-state index contributed by atoms with van der Waals surface area (Å²) in [6.07, 6.45) is 6.53. The minimum atomic E-state index is -0.627. The van der Waals surface area contributed by atoms with E-state index in [2.05, 4.69) is 4.98 Å². The van der Waals surface area contributed by atoms with Crippen LogP contribution in [0.3, 0.4) is 0 Å². The molecule has 0 radical (unpaired) electrons. The zero-order chi connectivity index (χ0) is 28.8. The molecule has 0 atom stereocenters. The number of amides is 2. The van der Waals surface area contributed by atoms with Crippen LogP contribution in [0.4, 0.5) is 5.69 Å². The fraction of sp³-hybridized carbons (Fsp3) is 0.133. The summed E-state index contributed by atoms with van der Waals surface area (Å²) in [4.78, 5) is 56.3. The number of nitrogens with zero attached hydrogens (tertiary/aromatic N) is 5. The second-order valence-electron chi connectivity index (χ2n) is 9.75. The molecule has 2 amide bonds. The summed E-state index contributed by atoms with van der Waals surface area (Å²) in [5.41, 5.74) is 3.24. The molecule has 0 saturated heterocycles. The minimum absolute atomic E-state index is 0.0668. The van der Waals surface area contributed by atoms with E-state index < -0.39 is 29.4 Å². The van der Waals surface area contributed by atoms with E-state index in [1.165, 1.54) is 18.3 Å². The summed E-state index contributed by atoms with van der Waals surface area (Å²) in [6, 6.07) is 15.3. The topological polar surface area (TPSA) is 130 Å². The van der Waals surface area contributed by atoms with Crippen molar-refractivity contribution in [1.82, 2.24) is 19.0 Å². The maximum absolute atomic E-state index is 14.0. The number of fused-ring (bicyclic) bond motifs is 2. The standard InChI is InChI=1S/C30H23N5O6/c1-32-15-22(20-7-3-4-8-24(20)32)27-28(23-16-33(2)25-13-19(35(39)40)9-10-21(23)25)30(38)34(29(27)37)17-41-26(36)12-18-6-5-11-31-14-18/h3-11,13-16H,12,17H2,1-2H3. The van der Waals surface area contributed by atoms with Gasteiger partial charge in [-0.2, -0.15) is 0 Å². The van der Waals surface area contributed by atoms with Crippen molar-refractivity contribution in [3.05, 3.63) is 106 Å². The van der Waals surface area contributed by atoms with Crippen molar-refractivity contribution in [3.63, 3.8) is 0 Å². The third kappa shape index (κ3) is 4.33. The molecule has 0 bridgehead atoms. The molecule has 4 heterocycles. The molecule has 5 aromatic rings. The number of carbonyl (C=O) groups excluding carboxylic acids is 3. The second-order valence-corrected chi connectivity index (χ2v) is 9.75. The summed E-state index contributed by atoms with van der Waals surface area (Å²) in [6.45, 7) is -0.565. The number of pyridine rings is 1. The number of aryl methyl sites for hydroxylation is 2. The Morgan fingerprint density at radius 3 is 2.22 bits per heavy atom. The third-order valence-electron chi connectivity index (χ3n) is 7.21. The molecule has 11 heteroatoms. The number of nitro benzene ring substituents is 1. The van der Waals surface area contributed by atoms with Crippen molar-refractivity contribution in [3.8, 4) is 0 Å². The monoisotopic (exact) mass is 549 g/mol. The number of carbonyl (C=O) groups is 3. The van der Waals surface area contributed by atoms with E-state index in [1.54, 1.807) is 48.4 Å². The van der Waals surface area contributed by atoms with Gasteiger partial charge in [0.2, 0.25) is 0 Å². The van der Waals surface area contributed by atoms with E-state index in [-0.39, 0.29) is 23.3 Å². The number of esters is 1. The second kappa shape index (κ2) is 9.87. The molecule has 0 N–H and O–H groups in total. The number of hydrogen-bond acceptors (Lipinski definition) is 7. The Balaban J connectivity index is 1.45. The van der Waals surface area contributed by atoms with Gasteiger partial charge < -0.3 is 13.9 Å². The van der Waals surface area contributed by atoms with Crippen molar-refractivity contribution in [1.29, 1.82) is 0 Å². The van der Waals surface area contributed by atoms with Gasteiger partial charge in [0.15, 0.2) is 6.73 Å². The van der Waals surface area contributed by atoms with Crippen LogP contribution in [-0.2, 0) is 39.6 Å². The maximum Gasteiger partial charge on any atom is 0.312 e. The van der Waals surface area contributed by atoms with Crippen LogP contribution in [0, 0.1) is 10.1 Å². The number of non-ortho nitro benzene ring substituents is 1. The highest BCUT2D eigenvalue weighted by Crippen LogP contribution is 2.42. The number of benzene rings is 2. The predicted octanol–water partition coefficient (Wildman–Crippen LogP) is 4.00. The van der Waals surface area contributed by atoms with Gasteiger partial charge in [0.05, 0.1) is 28.0 Å². The number of para-hydroxylation sites is 1. The molecule has 3 aromatic heterocycles. The lowest BCUT2D eigenvalue weighted by Crippen LogP contribution is -2.35. The summed E-state index contributed by atoms with van der Waals surface area (Å²) < 4.78 is 8.92. The van der Waals surface area contributed by atoms with Crippen molar-refractivity contribution >= 4 is 56.4 Å². The molecule has 0 unspecified atom stereocenters. The van der Waals surface area contributed by atoms with Gasteiger partial charge in [-0.25, -0.2) is 4.90 Å². The SMILES string of the molecule is Cn1cc(C2=C(c3cn(C)c4cc([N+](=O)[O-])ccc34)C(=O)N(COC(=O)Cc3cccnc3)C2=O)c2ccccc21. The number of rotatable bonds is 7. The first kappa shape index (κ1) is 25.7. The van der Waals surface area contributed by atoms with E-state index in [0.29, 0.717) is 27.6 Å². The van der Waals surface area contributed by atoms with Gasteiger partial charge in [-0.15, -0.1) is 0 Å². The molecule has 0 saturated carbocycles. The Morgan fingerprint density at radius 1 is 0.902 bits per heavy atom. The van der Waals surface area contributed by atoms with Gasteiger partial charge in [-0.3, -0.25) is 29.5 Å². The van der Waals surface area contributed by atoms with Crippen LogP contribution in [0.2, 0.25) is 0 Å².